The number of carbonyl (C=O) groups excluding carboxylic acids is 1. The number of benzene rings is 1. The van der Waals surface area contributed by atoms with E-state index in [9.17, 15) is 4.79 Å². The van der Waals surface area contributed by atoms with Gasteiger partial charge in [-0.2, -0.15) is 0 Å². The first-order chi connectivity index (χ1) is 12.6. The summed E-state index contributed by atoms with van der Waals surface area (Å²) >= 11 is 0. The number of hydrogen-bond donors (Lipinski definition) is 2. The SMILES string of the molecule is COc1ccc2[nH]cc([C@H]3CC[C@@H](NC(=O)Cc4nonc4C)C3)c2c1. The number of rotatable bonds is 5. The topological polar surface area (TPSA) is 93.0 Å². The number of aromatic nitrogens is 3. The molecule has 26 heavy (non-hydrogen) atoms. The summed E-state index contributed by atoms with van der Waals surface area (Å²) in [4.78, 5) is 15.6. The van der Waals surface area contributed by atoms with E-state index in [0.29, 0.717) is 17.3 Å². The van der Waals surface area contributed by atoms with Gasteiger partial charge in [0, 0.05) is 23.1 Å². The third-order valence-electron chi connectivity index (χ3n) is 5.23. The molecule has 2 aromatic heterocycles. The van der Waals surface area contributed by atoms with E-state index < -0.39 is 0 Å². The molecule has 2 heterocycles. The van der Waals surface area contributed by atoms with Crippen LogP contribution in [-0.4, -0.2) is 34.4 Å². The summed E-state index contributed by atoms with van der Waals surface area (Å²) in [6, 6.07) is 6.26. The molecule has 0 radical (unpaired) electrons. The second kappa shape index (κ2) is 6.82. The summed E-state index contributed by atoms with van der Waals surface area (Å²) < 4.78 is 10.0. The van der Waals surface area contributed by atoms with E-state index in [0.717, 1.165) is 30.5 Å². The van der Waals surface area contributed by atoms with Gasteiger partial charge in [0.25, 0.3) is 0 Å². The molecule has 1 aliphatic carbocycles. The monoisotopic (exact) mass is 354 g/mol. The quantitative estimate of drug-likeness (QED) is 0.735. The Bertz CT molecular complexity index is 930. The van der Waals surface area contributed by atoms with Crippen molar-refractivity contribution < 1.29 is 14.2 Å². The average molecular weight is 354 g/mol. The highest BCUT2D eigenvalue weighted by molar-refractivity contribution is 5.85. The molecule has 136 valence electrons. The number of hydrogen-bond acceptors (Lipinski definition) is 5. The van der Waals surface area contributed by atoms with Gasteiger partial charge in [0.1, 0.15) is 17.1 Å². The Morgan fingerprint density at radius 1 is 1.38 bits per heavy atom. The molecule has 1 aromatic carbocycles. The first-order valence-electron chi connectivity index (χ1n) is 8.86. The zero-order valence-electron chi connectivity index (χ0n) is 14.9. The summed E-state index contributed by atoms with van der Waals surface area (Å²) in [5, 5.41) is 11.8. The van der Waals surface area contributed by atoms with Gasteiger partial charge in [-0.3, -0.25) is 4.79 Å². The minimum Gasteiger partial charge on any atom is -0.497 e. The van der Waals surface area contributed by atoms with Crippen LogP contribution in [0.25, 0.3) is 10.9 Å². The van der Waals surface area contributed by atoms with Crippen molar-refractivity contribution in [3.63, 3.8) is 0 Å². The van der Waals surface area contributed by atoms with Crippen molar-refractivity contribution in [1.29, 1.82) is 0 Å². The van der Waals surface area contributed by atoms with Crippen molar-refractivity contribution in [2.75, 3.05) is 7.11 Å². The maximum Gasteiger partial charge on any atom is 0.226 e. The second-order valence-corrected chi connectivity index (χ2v) is 6.90. The van der Waals surface area contributed by atoms with E-state index in [-0.39, 0.29) is 18.4 Å². The minimum absolute atomic E-state index is 0.0324. The lowest BCUT2D eigenvalue weighted by atomic mass is 9.97. The number of amides is 1. The number of aryl methyl sites for hydroxylation is 1. The number of fused-ring (bicyclic) bond motifs is 1. The van der Waals surface area contributed by atoms with Crippen LogP contribution in [0.5, 0.6) is 5.75 Å². The smallest absolute Gasteiger partial charge is 0.226 e. The molecule has 0 aliphatic heterocycles. The molecule has 7 heteroatoms. The first kappa shape index (κ1) is 16.6. The molecule has 4 rings (SSSR count). The molecule has 1 amide bonds. The van der Waals surface area contributed by atoms with E-state index in [1.807, 2.05) is 12.1 Å². The molecule has 1 saturated carbocycles. The Morgan fingerprint density at radius 2 is 2.27 bits per heavy atom. The molecule has 0 bridgehead atoms. The van der Waals surface area contributed by atoms with Gasteiger partial charge in [0.2, 0.25) is 5.91 Å². The van der Waals surface area contributed by atoms with E-state index in [1.165, 1.54) is 10.9 Å². The van der Waals surface area contributed by atoms with Gasteiger partial charge >= 0.3 is 0 Å². The normalized spacial score (nSPS) is 19.8. The van der Waals surface area contributed by atoms with E-state index in [1.54, 1.807) is 14.0 Å². The van der Waals surface area contributed by atoms with Crippen LogP contribution < -0.4 is 10.1 Å². The average Bonchev–Trinajstić information content (AvgIpc) is 3.35. The fourth-order valence-corrected chi connectivity index (χ4v) is 3.82. The molecule has 0 spiro atoms. The molecule has 2 N–H and O–H groups in total. The fourth-order valence-electron chi connectivity index (χ4n) is 3.82. The van der Waals surface area contributed by atoms with Gasteiger partial charge < -0.3 is 15.0 Å². The van der Waals surface area contributed by atoms with Gasteiger partial charge in [0.05, 0.1) is 13.5 Å². The molecule has 0 unspecified atom stereocenters. The molecule has 1 aliphatic rings. The summed E-state index contributed by atoms with van der Waals surface area (Å²) in [7, 11) is 1.68. The van der Waals surface area contributed by atoms with Gasteiger partial charge in [-0.25, -0.2) is 4.63 Å². The van der Waals surface area contributed by atoms with E-state index in [4.69, 9.17) is 4.74 Å². The van der Waals surface area contributed by atoms with Crippen LogP contribution in [0, 0.1) is 6.92 Å². The summed E-state index contributed by atoms with van der Waals surface area (Å²) in [6.07, 6.45) is 5.26. The lowest BCUT2D eigenvalue weighted by Crippen LogP contribution is -2.34. The number of H-pyrrole nitrogens is 1. The number of ether oxygens (including phenoxy) is 1. The third kappa shape index (κ3) is 3.16. The molecule has 0 saturated heterocycles. The van der Waals surface area contributed by atoms with E-state index in [2.05, 4.69) is 37.5 Å². The van der Waals surface area contributed by atoms with Crippen molar-refractivity contribution in [1.82, 2.24) is 20.6 Å². The van der Waals surface area contributed by atoms with Crippen LogP contribution in [0.15, 0.2) is 29.0 Å². The molecule has 7 nitrogen and oxygen atoms in total. The summed E-state index contributed by atoms with van der Waals surface area (Å²) in [5.74, 6) is 1.25. The lowest BCUT2D eigenvalue weighted by molar-refractivity contribution is -0.121. The van der Waals surface area contributed by atoms with E-state index >= 15 is 0 Å². The first-order valence-corrected chi connectivity index (χ1v) is 8.86. The standard InChI is InChI=1S/C19H22N4O3/c1-11-18(23-26-22-11)9-19(24)21-13-4-3-12(7-13)16-10-20-17-6-5-14(25-2)8-15(16)17/h5-6,8,10,12-13,20H,3-4,7,9H2,1-2H3,(H,21,24)/t12-,13+/m0/s1. The summed E-state index contributed by atoms with van der Waals surface area (Å²) in [6.45, 7) is 1.79. The van der Waals surface area contributed by atoms with Crippen LogP contribution in [0.3, 0.4) is 0 Å². The molecule has 1 fully saturated rings. The Morgan fingerprint density at radius 3 is 3.04 bits per heavy atom. The van der Waals surface area contributed by atoms with Crippen LogP contribution in [0.4, 0.5) is 0 Å². The zero-order valence-corrected chi connectivity index (χ0v) is 14.9. The zero-order chi connectivity index (χ0) is 18.1. The Kier molecular flexibility index (Phi) is 4.36. The predicted octanol–water partition coefficient (Wildman–Crippen LogP) is 2.86. The van der Waals surface area contributed by atoms with Gasteiger partial charge in [-0.15, -0.1) is 0 Å². The lowest BCUT2D eigenvalue weighted by Gasteiger charge is -2.13. The van der Waals surface area contributed by atoms with Crippen molar-refractivity contribution >= 4 is 16.8 Å². The second-order valence-electron chi connectivity index (χ2n) is 6.90. The van der Waals surface area contributed by atoms with Crippen LogP contribution in [0.2, 0.25) is 0 Å². The van der Waals surface area contributed by atoms with Gasteiger partial charge in [0.15, 0.2) is 0 Å². The van der Waals surface area contributed by atoms with Crippen molar-refractivity contribution in [2.45, 2.75) is 44.6 Å². The fraction of sp³-hybridized carbons (Fsp3) is 0.421. The van der Waals surface area contributed by atoms with Crippen molar-refractivity contribution in [3.05, 3.63) is 41.3 Å². The molecular weight excluding hydrogens is 332 g/mol. The largest absolute Gasteiger partial charge is 0.497 e. The number of aromatic amines is 1. The van der Waals surface area contributed by atoms with Crippen molar-refractivity contribution in [3.8, 4) is 5.75 Å². The number of nitrogens with zero attached hydrogens (tertiary/aromatic N) is 2. The maximum atomic E-state index is 12.3. The number of nitrogens with one attached hydrogen (secondary N) is 2. The summed E-state index contributed by atoms with van der Waals surface area (Å²) in [5.41, 5.74) is 3.67. The van der Waals surface area contributed by atoms with Gasteiger partial charge in [-0.1, -0.05) is 10.3 Å². The van der Waals surface area contributed by atoms with Crippen LogP contribution >= 0.6 is 0 Å². The molecule has 3 aromatic rings. The highest BCUT2D eigenvalue weighted by atomic mass is 16.6. The Hall–Kier alpha value is -2.83. The van der Waals surface area contributed by atoms with Crippen LogP contribution in [0.1, 0.15) is 42.1 Å². The number of methoxy groups -OCH3 is 1. The van der Waals surface area contributed by atoms with Crippen LogP contribution in [-0.2, 0) is 11.2 Å². The van der Waals surface area contributed by atoms with Crippen molar-refractivity contribution in [2.24, 2.45) is 0 Å². The highest BCUT2D eigenvalue weighted by Gasteiger charge is 2.29. The maximum absolute atomic E-state index is 12.3. The third-order valence-corrected chi connectivity index (χ3v) is 5.23. The Labute approximate surface area is 151 Å². The molecule has 2 atom stereocenters. The van der Waals surface area contributed by atoms with Gasteiger partial charge in [-0.05, 0) is 55.9 Å². The minimum atomic E-state index is -0.0324. The predicted molar refractivity (Wildman–Crippen MR) is 96.1 cm³/mol. The Balaban J connectivity index is 1.42. The number of carbonyl (C=O) groups is 1. The highest BCUT2D eigenvalue weighted by Crippen LogP contribution is 2.38. The molecular formula is C19H22N4O3.